The summed E-state index contributed by atoms with van der Waals surface area (Å²) in [7, 11) is 0. The third kappa shape index (κ3) is 1.58. The first-order valence-electron chi connectivity index (χ1n) is 1.84. The Bertz CT molecular complexity index is 165. The summed E-state index contributed by atoms with van der Waals surface area (Å²) in [5.74, 6) is 0. The van der Waals surface area contributed by atoms with E-state index in [2.05, 4.69) is 12.2 Å². The second-order valence-electron chi connectivity index (χ2n) is 1.06. The summed E-state index contributed by atoms with van der Waals surface area (Å²) < 4.78 is 0. The summed E-state index contributed by atoms with van der Waals surface area (Å²) in [5.41, 5.74) is 10.1. The molecule has 0 saturated heterocycles. The minimum Gasteiger partial charge on any atom is -0.403 e. The second-order valence-corrected chi connectivity index (χ2v) is 1.50. The highest BCUT2D eigenvalue weighted by Gasteiger charge is 1.93. The van der Waals surface area contributed by atoms with E-state index in [9.17, 15) is 0 Å². The second kappa shape index (κ2) is 2.99. The Labute approximate surface area is 52.6 Å². The average molecular weight is 127 g/mol. The zero-order valence-corrected chi connectivity index (χ0v) is 4.90. The summed E-state index contributed by atoms with van der Waals surface area (Å²) in [5, 5.41) is 8.13. The molecule has 42 valence electrons. The minimum absolute atomic E-state index is 0.0370. The van der Waals surface area contributed by atoms with E-state index in [1.165, 1.54) is 0 Å². The Hall–Kier alpha value is -1.08. The number of rotatable bonds is 1. The van der Waals surface area contributed by atoms with Crippen LogP contribution in [0.3, 0.4) is 0 Å². The van der Waals surface area contributed by atoms with Crippen LogP contribution in [0.25, 0.3) is 0 Å². The van der Waals surface area contributed by atoms with Gasteiger partial charge < -0.3 is 11.5 Å². The molecule has 0 heterocycles. The molecule has 0 amide bonds. The largest absolute Gasteiger partial charge is 0.403 e. The lowest BCUT2D eigenvalue weighted by Crippen LogP contribution is -2.11. The van der Waals surface area contributed by atoms with Crippen molar-refractivity contribution in [3.05, 3.63) is 11.8 Å². The van der Waals surface area contributed by atoms with Crippen molar-refractivity contribution in [1.29, 1.82) is 5.26 Å². The van der Waals surface area contributed by atoms with E-state index in [1.54, 1.807) is 6.07 Å². The van der Waals surface area contributed by atoms with Gasteiger partial charge in [0.25, 0.3) is 0 Å². The van der Waals surface area contributed by atoms with Crippen LogP contribution in [-0.4, -0.2) is 4.99 Å². The Balaban J connectivity index is 4.20. The molecule has 0 aromatic carbocycles. The highest BCUT2D eigenvalue weighted by Crippen LogP contribution is 1.86. The van der Waals surface area contributed by atoms with E-state index >= 15 is 0 Å². The normalized spacial score (nSPS) is 10.1. The molecule has 0 spiro atoms. The fourth-order valence-corrected chi connectivity index (χ4v) is 0.288. The summed E-state index contributed by atoms with van der Waals surface area (Å²) in [4.78, 5) is 0.0370. The van der Waals surface area contributed by atoms with Gasteiger partial charge in [0.2, 0.25) is 0 Å². The van der Waals surface area contributed by atoms with Gasteiger partial charge in [-0.2, -0.15) is 5.26 Å². The molecule has 0 radical (unpaired) electrons. The van der Waals surface area contributed by atoms with Crippen LogP contribution in [0, 0.1) is 11.3 Å². The summed E-state index contributed by atoms with van der Waals surface area (Å²) in [6.07, 6.45) is 1.09. The van der Waals surface area contributed by atoms with Gasteiger partial charge in [0.1, 0.15) is 16.6 Å². The SMILES string of the molecule is N#CC(=CN)C(N)=S. The zero-order chi connectivity index (χ0) is 6.57. The van der Waals surface area contributed by atoms with Gasteiger partial charge in [-0.25, -0.2) is 0 Å². The number of hydrogen-bond acceptors (Lipinski definition) is 3. The number of nitriles is 1. The van der Waals surface area contributed by atoms with Crippen LogP contribution < -0.4 is 11.5 Å². The van der Waals surface area contributed by atoms with Crippen LogP contribution in [-0.2, 0) is 0 Å². The van der Waals surface area contributed by atoms with Crippen molar-refractivity contribution in [1.82, 2.24) is 0 Å². The molecule has 8 heavy (non-hydrogen) atoms. The van der Waals surface area contributed by atoms with E-state index in [1.807, 2.05) is 0 Å². The maximum Gasteiger partial charge on any atom is 0.116 e. The van der Waals surface area contributed by atoms with Crippen molar-refractivity contribution in [2.45, 2.75) is 0 Å². The Morgan fingerprint density at radius 1 is 1.75 bits per heavy atom. The van der Waals surface area contributed by atoms with Crippen molar-refractivity contribution in [3.63, 3.8) is 0 Å². The van der Waals surface area contributed by atoms with Crippen molar-refractivity contribution < 1.29 is 0 Å². The number of hydrogen-bond donors (Lipinski definition) is 2. The van der Waals surface area contributed by atoms with Gasteiger partial charge in [0.15, 0.2) is 0 Å². The van der Waals surface area contributed by atoms with Crippen molar-refractivity contribution in [3.8, 4) is 6.07 Å². The number of nitrogens with two attached hydrogens (primary N) is 2. The van der Waals surface area contributed by atoms with Gasteiger partial charge in [-0.1, -0.05) is 12.2 Å². The lowest BCUT2D eigenvalue weighted by Gasteiger charge is -1.86. The Kier molecular flexibility index (Phi) is 2.59. The maximum absolute atomic E-state index is 8.13. The first-order chi connectivity index (χ1) is 3.72. The molecular weight excluding hydrogens is 122 g/mol. The predicted molar refractivity (Wildman–Crippen MR) is 34.7 cm³/mol. The van der Waals surface area contributed by atoms with E-state index in [0.717, 1.165) is 6.20 Å². The standard InChI is InChI=1S/C4H5N3S/c5-1-3(2-6)4(7)8/h1H,5H2,(H2,7,8). The smallest absolute Gasteiger partial charge is 0.116 e. The lowest BCUT2D eigenvalue weighted by atomic mass is 10.3. The fourth-order valence-electron chi connectivity index (χ4n) is 0.174. The van der Waals surface area contributed by atoms with E-state index < -0.39 is 0 Å². The van der Waals surface area contributed by atoms with Crippen LogP contribution in [0.5, 0.6) is 0 Å². The van der Waals surface area contributed by atoms with Gasteiger partial charge in [-0.15, -0.1) is 0 Å². The first kappa shape index (κ1) is 6.92. The Morgan fingerprint density at radius 3 is 2.25 bits per heavy atom. The van der Waals surface area contributed by atoms with Crippen LogP contribution in [0.15, 0.2) is 11.8 Å². The van der Waals surface area contributed by atoms with E-state index in [0.29, 0.717) is 0 Å². The van der Waals surface area contributed by atoms with Gasteiger partial charge in [-0.05, 0) is 0 Å². The molecule has 0 fully saturated rings. The highest BCUT2D eigenvalue weighted by molar-refractivity contribution is 7.80. The molecule has 4 N–H and O–H groups in total. The molecule has 0 aliphatic carbocycles. The third-order valence-electron chi connectivity index (χ3n) is 0.553. The summed E-state index contributed by atoms with van der Waals surface area (Å²) in [6, 6.07) is 1.72. The molecule has 0 atom stereocenters. The maximum atomic E-state index is 8.13. The molecular formula is C4H5N3S. The summed E-state index contributed by atoms with van der Waals surface area (Å²) >= 11 is 4.42. The van der Waals surface area contributed by atoms with E-state index in [-0.39, 0.29) is 10.6 Å². The third-order valence-corrected chi connectivity index (χ3v) is 0.772. The monoisotopic (exact) mass is 127 g/mol. The van der Waals surface area contributed by atoms with Gasteiger partial charge in [0, 0.05) is 6.20 Å². The topological polar surface area (TPSA) is 75.8 Å². The lowest BCUT2D eigenvalue weighted by molar-refractivity contribution is 1.48. The molecule has 0 unspecified atom stereocenters. The van der Waals surface area contributed by atoms with Crippen LogP contribution >= 0.6 is 12.2 Å². The van der Waals surface area contributed by atoms with Crippen molar-refractivity contribution >= 4 is 17.2 Å². The van der Waals surface area contributed by atoms with Gasteiger partial charge in [-0.3, -0.25) is 0 Å². The molecule has 0 aliphatic heterocycles. The fraction of sp³-hybridized carbons (Fsp3) is 0. The quantitative estimate of drug-likeness (QED) is 0.286. The first-order valence-corrected chi connectivity index (χ1v) is 2.25. The minimum atomic E-state index is 0.0370. The molecule has 0 rings (SSSR count). The van der Waals surface area contributed by atoms with Gasteiger partial charge in [0.05, 0.1) is 0 Å². The molecule has 4 heteroatoms. The molecule has 0 aliphatic rings. The van der Waals surface area contributed by atoms with Gasteiger partial charge >= 0.3 is 0 Å². The van der Waals surface area contributed by atoms with E-state index in [4.69, 9.17) is 16.7 Å². The highest BCUT2D eigenvalue weighted by atomic mass is 32.1. The Morgan fingerprint density at radius 2 is 2.25 bits per heavy atom. The van der Waals surface area contributed by atoms with Crippen LogP contribution in [0.4, 0.5) is 0 Å². The number of thiocarbonyl (C=S) groups is 1. The molecule has 0 aromatic rings. The zero-order valence-electron chi connectivity index (χ0n) is 4.09. The predicted octanol–water partition coefficient (Wildman–Crippen LogP) is -0.361. The van der Waals surface area contributed by atoms with Crippen LogP contribution in [0.2, 0.25) is 0 Å². The molecule has 3 nitrogen and oxygen atoms in total. The molecule has 0 saturated carbocycles. The molecule has 0 aromatic heterocycles. The average Bonchev–Trinajstić information content (AvgIpc) is 1.69. The molecule has 0 bridgehead atoms. The van der Waals surface area contributed by atoms with Crippen molar-refractivity contribution in [2.75, 3.05) is 0 Å². The summed E-state index contributed by atoms with van der Waals surface area (Å²) in [6.45, 7) is 0. The van der Waals surface area contributed by atoms with Crippen molar-refractivity contribution in [2.24, 2.45) is 11.5 Å². The number of nitrogens with zero attached hydrogens (tertiary/aromatic N) is 1. The van der Waals surface area contributed by atoms with Crippen LogP contribution in [0.1, 0.15) is 0 Å².